The van der Waals surface area contributed by atoms with E-state index in [0.717, 1.165) is 22.4 Å². The van der Waals surface area contributed by atoms with Crippen LogP contribution in [-0.4, -0.2) is 24.3 Å². The van der Waals surface area contributed by atoms with Crippen LogP contribution in [0.4, 0.5) is 0 Å². The van der Waals surface area contributed by atoms with E-state index < -0.39 is 11.4 Å². The van der Waals surface area contributed by atoms with Gasteiger partial charge in [0.25, 0.3) is 0 Å². The van der Waals surface area contributed by atoms with E-state index in [-0.39, 0.29) is 0 Å². The number of fused-ring (bicyclic) bond motifs is 1. The maximum atomic E-state index is 11.5. The van der Waals surface area contributed by atoms with E-state index in [4.69, 9.17) is 9.47 Å². The molecular weight excluding hydrogens is 232 g/mol. The van der Waals surface area contributed by atoms with Gasteiger partial charge in [-0.15, -0.1) is 0 Å². The second kappa shape index (κ2) is 3.64. The largest absolute Gasteiger partial charge is 0.486 e. The van der Waals surface area contributed by atoms with Crippen molar-refractivity contribution < 1.29 is 19.4 Å². The predicted octanol–water partition coefficient (Wildman–Crippen LogP) is 2.19. The Hall–Kier alpha value is -1.71. The van der Waals surface area contributed by atoms with Crippen molar-refractivity contribution in [3.05, 3.63) is 22.8 Å². The van der Waals surface area contributed by atoms with Gasteiger partial charge in [-0.3, -0.25) is 4.79 Å². The summed E-state index contributed by atoms with van der Waals surface area (Å²) in [6.07, 6.45) is 1.36. The Balaban J connectivity index is 2.21. The molecule has 0 spiro atoms. The molecule has 3 rings (SSSR count). The number of benzene rings is 1. The fraction of sp³-hybridized carbons (Fsp3) is 0.500. The van der Waals surface area contributed by atoms with Crippen molar-refractivity contribution in [3.8, 4) is 11.5 Å². The van der Waals surface area contributed by atoms with Crippen molar-refractivity contribution in [2.75, 3.05) is 13.2 Å². The summed E-state index contributed by atoms with van der Waals surface area (Å²) in [5, 5.41) is 9.42. The van der Waals surface area contributed by atoms with Gasteiger partial charge in [0, 0.05) is 5.56 Å². The second-order valence-corrected chi connectivity index (χ2v) is 5.11. The molecule has 1 aromatic rings. The molecule has 0 radical (unpaired) electrons. The van der Waals surface area contributed by atoms with Crippen molar-refractivity contribution in [3.63, 3.8) is 0 Å². The van der Waals surface area contributed by atoms with Crippen LogP contribution in [0, 0.1) is 13.8 Å². The Morgan fingerprint density at radius 3 is 2.39 bits per heavy atom. The van der Waals surface area contributed by atoms with Crippen LogP contribution in [0.5, 0.6) is 11.5 Å². The van der Waals surface area contributed by atoms with Gasteiger partial charge in [0.1, 0.15) is 13.2 Å². The molecule has 1 heterocycles. The first-order chi connectivity index (χ1) is 8.56. The Bertz CT molecular complexity index is 529. The number of rotatable bonds is 2. The normalized spacial score (nSPS) is 19.4. The molecule has 4 nitrogen and oxygen atoms in total. The van der Waals surface area contributed by atoms with Crippen molar-refractivity contribution in [2.45, 2.75) is 32.1 Å². The lowest BCUT2D eigenvalue weighted by molar-refractivity contribution is -0.140. The molecule has 18 heavy (non-hydrogen) atoms. The standard InChI is InChI=1S/C14H16O4/c1-8-7-10(14(3-4-14)13(15)16)12-11(9(8)2)17-5-6-18-12/h7H,3-6H2,1-2H3,(H,15,16). The highest BCUT2D eigenvalue weighted by Gasteiger charge is 2.54. The lowest BCUT2D eigenvalue weighted by atomic mass is 9.91. The van der Waals surface area contributed by atoms with Gasteiger partial charge >= 0.3 is 5.97 Å². The lowest BCUT2D eigenvalue weighted by Crippen LogP contribution is -2.24. The number of aryl methyl sites for hydroxylation is 1. The van der Waals surface area contributed by atoms with Crippen LogP contribution < -0.4 is 9.47 Å². The van der Waals surface area contributed by atoms with Gasteiger partial charge in [0.15, 0.2) is 11.5 Å². The van der Waals surface area contributed by atoms with E-state index >= 15 is 0 Å². The molecule has 1 saturated carbocycles. The van der Waals surface area contributed by atoms with Gasteiger partial charge in [-0.05, 0) is 37.8 Å². The number of ether oxygens (including phenoxy) is 2. The minimum Gasteiger partial charge on any atom is -0.486 e. The third kappa shape index (κ3) is 1.41. The van der Waals surface area contributed by atoms with E-state index in [0.29, 0.717) is 31.8 Å². The van der Waals surface area contributed by atoms with Crippen LogP contribution >= 0.6 is 0 Å². The maximum Gasteiger partial charge on any atom is 0.314 e. The van der Waals surface area contributed by atoms with Crippen LogP contribution in [0.1, 0.15) is 29.5 Å². The summed E-state index contributed by atoms with van der Waals surface area (Å²) in [4.78, 5) is 11.5. The molecule has 1 aliphatic heterocycles. The van der Waals surface area contributed by atoms with Crippen molar-refractivity contribution in [1.82, 2.24) is 0 Å². The quantitative estimate of drug-likeness (QED) is 0.871. The molecule has 0 aromatic heterocycles. The smallest absolute Gasteiger partial charge is 0.314 e. The van der Waals surface area contributed by atoms with E-state index in [1.807, 2.05) is 19.9 Å². The minimum atomic E-state index is -0.762. The maximum absolute atomic E-state index is 11.5. The first-order valence-electron chi connectivity index (χ1n) is 6.20. The van der Waals surface area contributed by atoms with Gasteiger partial charge in [0.2, 0.25) is 0 Å². The Morgan fingerprint density at radius 1 is 1.22 bits per heavy atom. The molecule has 0 atom stereocenters. The highest BCUT2D eigenvalue weighted by molar-refractivity contribution is 5.87. The van der Waals surface area contributed by atoms with Crippen LogP contribution in [0.15, 0.2) is 6.07 Å². The molecule has 2 aliphatic rings. The highest BCUT2D eigenvalue weighted by atomic mass is 16.6. The Kier molecular flexibility index (Phi) is 2.30. The lowest BCUT2D eigenvalue weighted by Gasteiger charge is -2.26. The number of hydrogen-bond donors (Lipinski definition) is 1. The molecule has 1 fully saturated rings. The number of carboxylic acid groups (broad SMARTS) is 1. The first kappa shape index (κ1) is 11.4. The van der Waals surface area contributed by atoms with Gasteiger partial charge in [-0.2, -0.15) is 0 Å². The topological polar surface area (TPSA) is 55.8 Å². The summed E-state index contributed by atoms with van der Waals surface area (Å²) in [5.74, 6) is 0.607. The molecule has 96 valence electrons. The summed E-state index contributed by atoms with van der Waals surface area (Å²) >= 11 is 0. The average Bonchev–Trinajstić information content (AvgIpc) is 3.15. The number of aliphatic carboxylic acids is 1. The monoisotopic (exact) mass is 248 g/mol. The van der Waals surface area contributed by atoms with Gasteiger partial charge < -0.3 is 14.6 Å². The fourth-order valence-electron chi connectivity index (χ4n) is 2.55. The number of hydrogen-bond acceptors (Lipinski definition) is 3. The molecule has 1 N–H and O–H groups in total. The van der Waals surface area contributed by atoms with E-state index in [1.165, 1.54) is 0 Å². The predicted molar refractivity (Wildman–Crippen MR) is 65.5 cm³/mol. The number of carbonyl (C=O) groups is 1. The van der Waals surface area contributed by atoms with Gasteiger partial charge in [-0.1, -0.05) is 6.07 Å². The highest BCUT2D eigenvalue weighted by Crippen LogP contribution is 2.55. The molecule has 0 amide bonds. The van der Waals surface area contributed by atoms with E-state index in [9.17, 15) is 9.90 Å². The summed E-state index contributed by atoms with van der Waals surface area (Å²) < 4.78 is 11.3. The molecule has 0 saturated heterocycles. The van der Waals surface area contributed by atoms with Crippen LogP contribution in [0.25, 0.3) is 0 Å². The molecule has 1 aliphatic carbocycles. The fourth-order valence-corrected chi connectivity index (χ4v) is 2.55. The zero-order chi connectivity index (χ0) is 12.9. The van der Waals surface area contributed by atoms with Crippen LogP contribution in [-0.2, 0) is 10.2 Å². The van der Waals surface area contributed by atoms with Gasteiger partial charge in [0.05, 0.1) is 5.41 Å². The molecule has 0 unspecified atom stereocenters. The molecule has 4 heteroatoms. The van der Waals surface area contributed by atoms with Gasteiger partial charge in [-0.25, -0.2) is 0 Å². The first-order valence-corrected chi connectivity index (χ1v) is 6.20. The van der Waals surface area contributed by atoms with E-state index in [1.54, 1.807) is 0 Å². The van der Waals surface area contributed by atoms with Crippen molar-refractivity contribution in [1.29, 1.82) is 0 Å². The minimum absolute atomic E-state index is 0.484. The Labute approximate surface area is 106 Å². The van der Waals surface area contributed by atoms with E-state index in [2.05, 4.69) is 0 Å². The summed E-state index contributed by atoms with van der Waals surface area (Å²) in [6, 6.07) is 1.95. The average molecular weight is 248 g/mol. The molecule has 1 aromatic carbocycles. The zero-order valence-electron chi connectivity index (χ0n) is 10.6. The summed E-state index contributed by atoms with van der Waals surface area (Å²) in [5.41, 5.74) is 2.13. The number of carboxylic acids is 1. The summed E-state index contributed by atoms with van der Waals surface area (Å²) in [6.45, 7) is 4.97. The molecule has 0 bridgehead atoms. The van der Waals surface area contributed by atoms with Crippen LogP contribution in [0.2, 0.25) is 0 Å². The van der Waals surface area contributed by atoms with Crippen molar-refractivity contribution >= 4 is 5.97 Å². The SMILES string of the molecule is Cc1cc(C2(C(=O)O)CC2)c2c(c1C)OCCO2. The van der Waals surface area contributed by atoms with Crippen LogP contribution in [0.3, 0.4) is 0 Å². The third-order valence-corrected chi connectivity index (χ3v) is 3.99. The van der Waals surface area contributed by atoms with Crippen molar-refractivity contribution in [2.24, 2.45) is 0 Å². The second-order valence-electron chi connectivity index (χ2n) is 5.11. The molecular formula is C14H16O4. The third-order valence-electron chi connectivity index (χ3n) is 3.99. The Morgan fingerprint density at radius 2 is 1.83 bits per heavy atom. The zero-order valence-corrected chi connectivity index (χ0v) is 10.6. The summed E-state index contributed by atoms with van der Waals surface area (Å²) in [7, 11) is 0.